The number of nitro groups is 1. The van der Waals surface area contributed by atoms with Crippen molar-refractivity contribution in [3.8, 4) is 0 Å². The fraction of sp³-hybridized carbons (Fsp3) is 0.500. The van der Waals surface area contributed by atoms with E-state index in [9.17, 15) is 14.9 Å². The maximum absolute atomic E-state index is 11.5. The molecule has 1 rings (SSSR count). The van der Waals surface area contributed by atoms with Crippen LogP contribution < -0.4 is 0 Å². The van der Waals surface area contributed by atoms with Crippen molar-refractivity contribution in [2.24, 2.45) is 5.92 Å². The molecule has 0 fully saturated rings. The van der Waals surface area contributed by atoms with Crippen LogP contribution in [0.4, 0.5) is 0 Å². The van der Waals surface area contributed by atoms with E-state index in [0.717, 1.165) is 9.75 Å². The van der Waals surface area contributed by atoms with Gasteiger partial charge in [0.2, 0.25) is 6.54 Å². The van der Waals surface area contributed by atoms with Crippen LogP contribution in [-0.2, 0) is 19.1 Å². The molecule has 0 bridgehead atoms. The predicted octanol–water partition coefficient (Wildman–Crippen LogP) is 1.64. The van der Waals surface area contributed by atoms with Gasteiger partial charge in [-0.15, -0.1) is 11.3 Å². The van der Waals surface area contributed by atoms with E-state index in [1.54, 1.807) is 6.92 Å². The predicted molar refractivity (Wildman–Crippen MR) is 69.8 cm³/mol. The van der Waals surface area contributed by atoms with Crippen LogP contribution in [0.25, 0.3) is 0 Å². The lowest BCUT2D eigenvalue weighted by Gasteiger charge is -2.17. The molecule has 1 heterocycles. The Bertz CT molecular complexity index is 492. The van der Waals surface area contributed by atoms with E-state index in [1.807, 2.05) is 19.1 Å². The maximum atomic E-state index is 11.5. The van der Waals surface area contributed by atoms with Gasteiger partial charge in [-0.25, -0.2) is 0 Å². The van der Waals surface area contributed by atoms with Crippen molar-refractivity contribution in [2.75, 3.05) is 13.7 Å². The summed E-state index contributed by atoms with van der Waals surface area (Å²) in [6, 6.07) is 3.74. The van der Waals surface area contributed by atoms with Gasteiger partial charge in [0.05, 0.1) is 18.9 Å². The molecule has 8 heteroatoms. The van der Waals surface area contributed by atoms with Crippen LogP contribution in [0.5, 0.6) is 0 Å². The van der Waals surface area contributed by atoms with Crippen LogP contribution in [0, 0.1) is 23.0 Å². The Labute approximate surface area is 119 Å². The lowest BCUT2D eigenvalue weighted by Crippen LogP contribution is -2.25. The summed E-state index contributed by atoms with van der Waals surface area (Å²) in [7, 11) is 1.29. The minimum absolute atomic E-state index is 0.250. The molecule has 1 unspecified atom stereocenters. The first-order valence-electron chi connectivity index (χ1n) is 5.62. The Morgan fingerprint density at radius 1 is 1.50 bits per heavy atom. The number of nitrogens with zero attached hydrogens (tertiary/aromatic N) is 1. The summed E-state index contributed by atoms with van der Waals surface area (Å²) in [5, 5.41) is 10.7. The number of hydrogen-bond acceptors (Lipinski definition) is 7. The lowest BCUT2D eigenvalue weighted by atomic mass is 9.92. The van der Waals surface area contributed by atoms with Crippen molar-refractivity contribution >= 4 is 23.5 Å². The topological polar surface area (TPSA) is 104 Å². The van der Waals surface area contributed by atoms with Gasteiger partial charge in [0, 0.05) is 14.7 Å². The second-order valence-corrected chi connectivity index (χ2v) is 5.28. The number of thiophene rings is 1. The molecule has 110 valence electrons. The summed E-state index contributed by atoms with van der Waals surface area (Å²) in [4.78, 5) is 39.9. The van der Waals surface area contributed by atoms with E-state index in [2.05, 4.69) is 4.74 Å². The number of rotatable bonds is 5. The summed E-state index contributed by atoms with van der Waals surface area (Å²) in [5.41, 5.74) is 0. The first kappa shape index (κ1) is 17.9. The highest BCUT2D eigenvalue weighted by Gasteiger charge is 2.31. The van der Waals surface area contributed by atoms with Crippen LogP contribution in [0.1, 0.15) is 22.6 Å². The lowest BCUT2D eigenvalue weighted by molar-refractivity contribution is -0.484. The van der Waals surface area contributed by atoms with Crippen molar-refractivity contribution in [3.63, 3.8) is 0 Å². The number of aryl methyl sites for hydroxylation is 1. The monoisotopic (exact) mass is 301 g/mol. The van der Waals surface area contributed by atoms with Gasteiger partial charge in [0.15, 0.2) is 0 Å². The molecule has 0 saturated heterocycles. The zero-order valence-corrected chi connectivity index (χ0v) is 12.1. The molecule has 1 aromatic rings. The van der Waals surface area contributed by atoms with Gasteiger partial charge in [0.25, 0.3) is 0 Å². The molecule has 0 aliphatic rings. The molecule has 2 atom stereocenters. The second-order valence-electron chi connectivity index (χ2n) is 3.97. The van der Waals surface area contributed by atoms with Gasteiger partial charge >= 0.3 is 12.1 Å². The molecule has 0 amide bonds. The highest BCUT2D eigenvalue weighted by Crippen LogP contribution is 2.31. The molecule has 0 spiro atoms. The van der Waals surface area contributed by atoms with Gasteiger partial charge in [-0.1, -0.05) is 6.92 Å². The summed E-state index contributed by atoms with van der Waals surface area (Å²) >= 11 is 1.48. The van der Waals surface area contributed by atoms with E-state index in [0.29, 0.717) is 0 Å². The Kier molecular flexibility index (Phi) is 8.03. The third kappa shape index (κ3) is 5.73. The number of carbonyl (C=O) groups is 1. The highest BCUT2D eigenvalue weighted by atomic mass is 32.1. The summed E-state index contributed by atoms with van der Waals surface area (Å²) in [6.07, 6.45) is 0.250. The van der Waals surface area contributed by atoms with Gasteiger partial charge in [-0.05, 0) is 19.1 Å². The summed E-state index contributed by atoms with van der Waals surface area (Å²) in [6.45, 7) is 3.34. The minimum atomic E-state index is -0.511. The van der Waals surface area contributed by atoms with Crippen molar-refractivity contribution in [2.45, 2.75) is 19.8 Å². The molecular weight excluding hydrogens is 286 g/mol. The molecule has 0 aliphatic carbocycles. The van der Waals surface area contributed by atoms with E-state index in [-0.39, 0.29) is 17.6 Å². The smallest absolute Gasteiger partial charge is 0.373 e. The number of ether oxygens (including phenoxy) is 1. The standard InChI is InChI=1S/C11H15NO4S.CO2/c1-7-4-5-10(17-7)9(6-12(14)15)8(2)11(13)16-3;2-1-3/h4-5,8-9H,6H2,1-3H3;/t8?,9-;/m1./s1. The largest absolute Gasteiger partial charge is 0.469 e. The highest BCUT2D eigenvalue weighted by molar-refractivity contribution is 7.12. The van der Waals surface area contributed by atoms with Crippen molar-refractivity contribution in [1.82, 2.24) is 0 Å². The minimum Gasteiger partial charge on any atom is -0.469 e. The molecule has 0 radical (unpaired) electrons. The molecule has 1 aromatic heterocycles. The third-order valence-corrected chi connectivity index (χ3v) is 3.78. The van der Waals surface area contributed by atoms with Crippen molar-refractivity contribution in [3.05, 3.63) is 32.0 Å². The summed E-state index contributed by atoms with van der Waals surface area (Å²) < 4.78 is 4.65. The second kappa shape index (κ2) is 8.95. The van der Waals surface area contributed by atoms with Crippen LogP contribution >= 0.6 is 11.3 Å². The van der Waals surface area contributed by atoms with Crippen molar-refractivity contribution in [1.29, 1.82) is 0 Å². The quantitative estimate of drug-likeness (QED) is 0.465. The normalized spacial score (nSPS) is 12.3. The van der Waals surface area contributed by atoms with E-state index < -0.39 is 17.8 Å². The first-order valence-corrected chi connectivity index (χ1v) is 6.44. The average Bonchev–Trinajstić information content (AvgIpc) is 2.81. The van der Waals surface area contributed by atoms with Crippen LogP contribution in [0.3, 0.4) is 0 Å². The molecular formula is C12H15NO6S. The number of carbonyl (C=O) groups excluding carboxylic acids is 3. The third-order valence-electron chi connectivity index (χ3n) is 2.65. The average molecular weight is 301 g/mol. The molecule has 7 nitrogen and oxygen atoms in total. The number of methoxy groups -OCH3 is 1. The SMILES string of the molecule is COC(=O)C(C)[C@@H](C[N+](=O)[O-])c1ccc(C)s1.O=C=O. The van der Waals surface area contributed by atoms with Crippen molar-refractivity contribution < 1.29 is 24.0 Å². The molecule has 0 N–H and O–H groups in total. The molecule has 0 saturated carbocycles. The van der Waals surface area contributed by atoms with E-state index in [4.69, 9.17) is 9.59 Å². The first-order chi connectivity index (χ1) is 9.37. The Morgan fingerprint density at radius 3 is 2.40 bits per heavy atom. The number of hydrogen-bond donors (Lipinski definition) is 0. The Hall–Kier alpha value is -2.05. The van der Waals surface area contributed by atoms with Gasteiger partial charge in [0.1, 0.15) is 0 Å². The van der Waals surface area contributed by atoms with E-state index >= 15 is 0 Å². The maximum Gasteiger partial charge on any atom is 0.373 e. The van der Waals surface area contributed by atoms with Crippen LogP contribution in [0.2, 0.25) is 0 Å². The summed E-state index contributed by atoms with van der Waals surface area (Å²) in [5.74, 6) is -1.34. The Morgan fingerprint density at radius 2 is 2.05 bits per heavy atom. The van der Waals surface area contributed by atoms with Gasteiger partial charge < -0.3 is 4.74 Å². The fourth-order valence-corrected chi connectivity index (χ4v) is 2.73. The van der Waals surface area contributed by atoms with Crippen LogP contribution in [-0.4, -0.2) is 30.7 Å². The Balaban J connectivity index is 0.00000110. The number of esters is 1. The van der Waals surface area contributed by atoms with Gasteiger partial charge in [-0.3, -0.25) is 14.9 Å². The van der Waals surface area contributed by atoms with E-state index in [1.165, 1.54) is 18.4 Å². The fourth-order valence-electron chi connectivity index (χ4n) is 1.66. The van der Waals surface area contributed by atoms with Crippen LogP contribution in [0.15, 0.2) is 12.1 Å². The molecule has 0 aromatic carbocycles. The zero-order valence-electron chi connectivity index (χ0n) is 11.3. The molecule has 0 aliphatic heterocycles. The van der Waals surface area contributed by atoms with Gasteiger partial charge in [-0.2, -0.15) is 9.59 Å². The zero-order chi connectivity index (χ0) is 15.7. The molecule has 20 heavy (non-hydrogen) atoms.